The lowest BCUT2D eigenvalue weighted by atomic mass is 10.0. The second-order valence-corrected chi connectivity index (χ2v) is 8.06. The van der Waals surface area contributed by atoms with Crippen LogP contribution in [0, 0.1) is 11.3 Å². The van der Waals surface area contributed by atoms with E-state index in [4.69, 9.17) is 5.26 Å². The van der Waals surface area contributed by atoms with Crippen molar-refractivity contribution in [3.63, 3.8) is 0 Å². The number of nitriles is 1. The van der Waals surface area contributed by atoms with Gasteiger partial charge in [0.05, 0.1) is 17.4 Å². The topological polar surface area (TPSA) is 64.4 Å². The molecule has 0 radical (unpaired) electrons. The maximum Gasteiger partial charge on any atom is 0.218 e. The van der Waals surface area contributed by atoms with Gasteiger partial charge in [0.2, 0.25) is 10.0 Å². The normalized spacial score (nSPS) is 20.1. The van der Waals surface area contributed by atoms with Gasteiger partial charge in [-0.05, 0) is 32.5 Å². The van der Waals surface area contributed by atoms with E-state index in [0.717, 1.165) is 0 Å². The first-order chi connectivity index (χ1) is 9.76. The standard InChI is InChI=1S/C15H21N3O2S/c1-15(2)12-18(9-8-17(15)3)21(19,20)11-14-7-5-4-6-13(14)10-16/h4-7H,8-9,11-12H2,1-3H3. The van der Waals surface area contributed by atoms with Crippen LogP contribution < -0.4 is 0 Å². The molecular formula is C15H21N3O2S. The lowest BCUT2D eigenvalue weighted by molar-refractivity contribution is 0.0801. The van der Waals surface area contributed by atoms with E-state index in [2.05, 4.69) is 11.0 Å². The summed E-state index contributed by atoms with van der Waals surface area (Å²) in [5.41, 5.74) is 0.811. The lowest BCUT2D eigenvalue weighted by Gasteiger charge is -2.44. The van der Waals surface area contributed by atoms with Crippen LogP contribution in [0.5, 0.6) is 0 Å². The Morgan fingerprint density at radius 2 is 1.95 bits per heavy atom. The molecule has 1 heterocycles. The second kappa shape index (κ2) is 5.76. The van der Waals surface area contributed by atoms with Crippen molar-refractivity contribution in [3.8, 4) is 6.07 Å². The highest BCUT2D eigenvalue weighted by atomic mass is 32.2. The molecule has 0 aromatic heterocycles. The van der Waals surface area contributed by atoms with Gasteiger partial charge >= 0.3 is 0 Å². The zero-order valence-electron chi connectivity index (χ0n) is 12.7. The summed E-state index contributed by atoms with van der Waals surface area (Å²) in [6, 6.07) is 8.92. The van der Waals surface area contributed by atoms with Crippen molar-refractivity contribution < 1.29 is 8.42 Å². The molecule has 21 heavy (non-hydrogen) atoms. The van der Waals surface area contributed by atoms with Gasteiger partial charge in [-0.1, -0.05) is 18.2 Å². The predicted molar refractivity (Wildman–Crippen MR) is 82.1 cm³/mol. The van der Waals surface area contributed by atoms with Gasteiger partial charge in [-0.2, -0.15) is 9.57 Å². The fraction of sp³-hybridized carbons (Fsp3) is 0.533. The average Bonchev–Trinajstić information content (AvgIpc) is 2.42. The first-order valence-electron chi connectivity index (χ1n) is 6.93. The lowest BCUT2D eigenvalue weighted by Crippen LogP contribution is -2.58. The van der Waals surface area contributed by atoms with Crippen LogP contribution in [0.3, 0.4) is 0 Å². The molecule has 0 spiro atoms. The van der Waals surface area contributed by atoms with Gasteiger partial charge < -0.3 is 0 Å². The number of hydrogen-bond acceptors (Lipinski definition) is 4. The zero-order valence-corrected chi connectivity index (χ0v) is 13.5. The minimum absolute atomic E-state index is 0.115. The molecule has 1 aliphatic heterocycles. The molecule has 0 saturated carbocycles. The number of sulfonamides is 1. The molecule has 1 aliphatic rings. The molecule has 0 aliphatic carbocycles. The van der Waals surface area contributed by atoms with E-state index in [9.17, 15) is 8.42 Å². The van der Waals surface area contributed by atoms with Crippen molar-refractivity contribution in [2.45, 2.75) is 25.1 Å². The van der Waals surface area contributed by atoms with Crippen LogP contribution in [0.2, 0.25) is 0 Å². The Hall–Kier alpha value is -1.42. The van der Waals surface area contributed by atoms with Crippen LogP contribution in [0.25, 0.3) is 0 Å². The molecule has 0 amide bonds. The molecule has 114 valence electrons. The zero-order chi connectivity index (χ0) is 15.7. The average molecular weight is 307 g/mol. The maximum atomic E-state index is 12.6. The minimum Gasteiger partial charge on any atom is -0.299 e. The Morgan fingerprint density at radius 1 is 1.29 bits per heavy atom. The third-order valence-corrected chi connectivity index (χ3v) is 5.92. The highest BCUT2D eigenvalue weighted by molar-refractivity contribution is 7.88. The number of hydrogen-bond donors (Lipinski definition) is 0. The Morgan fingerprint density at radius 3 is 2.57 bits per heavy atom. The molecular weight excluding hydrogens is 286 g/mol. The van der Waals surface area contributed by atoms with E-state index in [-0.39, 0.29) is 11.3 Å². The van der Waals surface area contributed by atoms with Crippen molar-refractivity contribution in [2.75, 3.05) is 26.7 Å². The van der Waals surface area contributed by atoms with Gasteiger partial charge in [-0.3, -0.25) is 4.90 Å². The summed E-state index contributed by atoms with van der Waals surface area (Å²) in [6.07, 6.45) is 0. The van der Waals surface area contributed by atoms with E-state index in [1.807, 2.05) is 20.9 Å². The first kappa shape index (κ1) is 16.0. The molecule has 1 fully saturated rings. The molecule has 1 aromatic rings. The van der Waals surface area contributed by atoms with Gasteiger partial charge in [0, 0.05) is 25.2 Å². The quantitative estimate of drug-likeness (QED) is 0.847. The van der Waals surface area contributed by atoms with Crippen LogP contribution >= 0.6 is 0 Å². The van der Waals surface area contributed by atoms with Crippen molar-refractivity contribution in [1.29, 1.82) is 5.26 Å². The highest BCUT2D eigenvalue weighted by Gasteiger charge is 2.36. The summed E-state index contributed by atoms with van der Waals surface area (Å²) in [4.78, 5) is 2.17. The summed E-state index contributed by atoms with van der Waals surface area (Å²) in [5, 5.41) is 9.08. The molecule has 1 saturated heterocycles. The third kappa shape index (κ3) is 3.43. The molecule has 0 bridgehead atoms. The maximum absolute atomic E-state index is 12.6. The Kier molecular flexibility index (Phi) is 4.38. The molecule has 1 aromatic carbocycles. The Labute approximate surface area is 126 Å². The van der Waals surface area contributed by atoms with E-state index >= 15 is 0 Å². The van der Waals surface area contributed by atoms with Gasteiger partial charge in [-0.15, -0.1) is 0 Å². The number of rotatable bonds is 3. The molecule has 6 heteroatoms. The van der Waals surface area contributed by atoms with E-state index in [1.165, 1.54) is 0 Å². The van der Waals surface area contributed by atoms with Crippen molar-refractivity contribution in [3.05, 3.63) is 35.4 Å². The fourth-order valence-corrected chi connectivity index (χ4v) is 4.18. The number of likely N-dealkylation sites (N-methyl/N-ethyl adjacent to an activating group) is 1. The van der Waals surface area contributed by atoms with Gasteiger partial charge in [0.15, 0.2) is 0 Å². The molecule has 0 atom stereocenters. The number of benzene rings is 1. The summed E-state index contributed by atoms with van der Waals surface area (Å²) < 4.78 is 26.8. The van der Waals surface area contributed by atoms with Crippen molar-refractivity contribution in [2.24, 2.45) is 0 Å². The van der Waals surface area contributed by atoms with E-state index in [0.29, 0.717) is 30.8 Å². The number of nitrogens with zero attached hydrogens (tertiary/aromatic N) is 3. The van der Waals surface area contributed by atoms with Gasteiger partial charge in [0.1, 0.15) is 0 Å². The summed E-state index contributed by atoms with van der Waals surface area (Å²) in [5.74, 6) is -0.115. The summed E-state index contributed by atoms with van der Waals surface area (Å²) in [6.45, 7) is 5.76. The van der Waals surface area contributed by atoms with Crippen LogP contribution in [-0.4, -0.2) is 49.8 Å². The largest absolute Gasteiger partial charge is 0.299 e. The fourth-order valence-electron chi connectivity index (χ4n) is 2.48. The molecule has 0 unspecified atom stereocenters. The van der Waals surface area contributed by atoms with Crippen LogP contribution in [-0.2, 0) is 15.8 Å². The monoisotopic (exact) mass is 307 g/mol. The second-order valence-electron chi connectivity index (χ2n) is 6.09. The van der Waals surface area contributed by atoms with Gasteiger partial charge in [-0.25, -0.2) is 8.42 Å². The third-order valence-electron chi connectivity index (χ3n) is 4.15. The summed E-state index contributed by atoms with van der Waals surface area (Å²) >= 11 is 0. The van der Waals surface area contributed by atoms with Crippen molar-refractivity contribution in [1.82, 2.24) is 9.21 Å². The van der Waals surface area contributed by atoms with Crippen LogP contribution in [0.4, 0.5) is 0 Å². The molecule has 0 N–H and O–H groups in total. The van der Waals surface area contributed by atoms with Crippen LogP contribution in [0.1, 0.15) is 25.0 Å². The van der Waals surface area contributed by atoms with E-state index < -0.39 is 10.0 Å². The predicted octanol–water partition coefficient (Wildman–Crippen LogP) is 1.41. The minimum atomic E-state index is -3.41. The van der Waals surface area contributed by atoms with Crippen molar-refractivity contribution >= 4 is 10.0 Å². The van der Waals surface area contributed by atoms with Gasteiger partial charge in [0.25, 0.3) is 0 Å². The molecule has 2 rings (SSSR count). The first-order valence-corrected chi connectivity index (χ1v) is 8.54. The van der Waals surface area contributed by atoms with Crippen LogP contribution in [0.15, 0.2) is 24.3 Å². The highest BCUT2D eigenvalue weighted by Crippen LogP contribution is 2.23. The van der Waals surface area contributed by atoms with E-state index in [1.54, 1.807) is 28.6 Å². The smallest absolute Gasteiger partial charge is 0.218 e. The Bertz CT molecular complexity index is 662. The molecule has 5 nitrogen and oxygen atoms in total. The summed E-state index contributed by atoms with van der Waals surface area (Å²) in [7, 11) is -1.40. The number of piperazine rings is 1. The Balaban J connectivity index is 2.22. The SMILES string of the molecule is CN1CCN(S(=O)(=O)Cc2ccccc2C#N)CC1(C)C.